The molecule has 2 heterocycles. The topological polar surface area (TPSA) is 79.4 Å². The van der Waals surface area contributed by atoms with E-state index >= 15 is 0 Å². The highest BCUT2D eigenvalue weighted by Gasteiger charge is 2.21. The van der Waals surface area contributed by atoms with Crippen LogP contribution in [0.5, 0.6) is 0 Å². The van der Waals surface area contributed by atoms with Crippen molar-refractivity contribution < 1.29 is 13.2 Å². The van der Waals surface area contributed by atoms with Crippen molar-refractivity contribution in [2.24, 2.45) is 5.92 Å². The largest absolute Gasteiger partial charge is 0.370 e. The van der Waals surface area contributed by atoms with Crippen LogP contribution in [0.4, 0.5) is 5.69 Å². The highest BCUT2D eigenvalue weighted by atomic mass is 32.2. The number of piperidine rings is 1. The molecular weight excluding hydrogens is 386 g/mol. The number of hydrogen-bond acceptors (Lipinski definition) is 5. The zero-order valence-electron chi connectivity index (χ0n) is 17.0. The molecule has 3 rings (SSSR count). The zero-order valence-corrected chi connectivity index (χ0v) is 17.9. The fourth-order valence-corrected chi connectivity index (χ4v) is 4.57. The molecule has 0 bridgehead atoms. The second kappa shape index (κ2) is 9.39. The Morgan fingerprint density at radius 2 is 1.86 bits per heavy atom. The van der Waals surface area contributed by atoms with Gasteiger partial charge in [0.05, 0.1) is 28.5 Å². The lowest BCUT2D eigenvalue weighted by Crippen LogP contribution is -2.39. The maximum Gasteiger partial charge on any atom is 0.224 e. The molecule has 0 spiro atoms. The first kappa shape index (κ1) is 21.3. The average Bonchev–Trinajstić information content (AvgIpc) is 2.73. The summed E-state index contributed by atoms with van der Waals surface area (Å²) in [5, 5.41) is 2.57. The number of amides is 1. The van der Waals surface area contributed by atoms with Crippen molar-refractivity contribution in [3.63, 3.8) is 0 Å². The van der Waals surface area contributed by atoms with Gasteiger partial charge in [-0.25, -0.2) is 8.42 Å². The van der Waals surface area contributed by atoms with E-state index in [0.717, 1.165) is 37.2 Å². The van der Waals surface area contributed by atoms with Crippen molar-refractivity contribution in [3.05, 3.63) is 54.4 Å². The molecule has 29 heavy (non-hydrogen) atoms. The number of aromatic nitrogens is 1. The smallest absolute Gasteiger partial charge is 0.224 e. The normalized spacial score (nSPS) is 15.5. The molecule has 1 aliphatic rings. The van der Waals surface area contributed by atoms with Gasteiger partial charge in [0.1, 0.15) is 0 Å². The van der Waals surface area contributed by atoms with Gasteiger partial charge in [-0.1, -0.05) is 12.1 Å². The van der Waals surface area contributed by atoms with Crippen molar-refractivity contribution in [2.75, 3.05) is 24.5 Å². The molecule has 1 saturated heterocycles. The number of nitrogens with zero attached hydrogens (tertiary/aromatic N) is 2. The summed E-state index contributed by atoms with van der Waals surface area (Å²) in [6.45, 7) is 5.95. The Bertz CT molecular complexity index is 904. The van der Waals surface area contributed by atoms with Gasteiger partial charge in [0, 0.05) is 25.8 Å². The lowest BCUT2D eigenvalue weighted by Gasteiger charge is -2.33. The van der Waals surface area contributed by atoms with Crippen LogP contribution >= 0.6 is 0 Å². The van der Waals surface area contributed by atoms with Crippen LogP contribution < -0.4 is 10.2 Å². The first-order valence-corrected chi connectivity index (χ1v) is 11.7. The molecule has 1 aromatic heterocycles. The van der Waals surface area contributed by atoms with Gasteiger partial charge >= 0.3 is 0 Å². The molecule has 1 aromatic carbocycles. The van der Waals surface area contributed by atoms with E-state index in [1.165, 1.54) is 0 Å². The highest BCUT2D eigenvalue weighted by molar-refractivity contribution is 7.92. The molecule has 1 amide bonds. The van der Waals surface area contributed by atoms with Crippen molar-refractivity contribution in [3.8, 4) is 0 Å². The van der Waals surface area contributed by atoms with Gasteiger partial charge in [0.25, 0.3) is 0 Å². The average molecular weight is 416 g/mol. The minimum absolute atomic E-state index is 0.0286. The van der Waals surface area contributed by atoms with Gasteiger partial charge in [-0.3, -0.25) is 9.78 Å². The predicted octanol–water partition coefficient (Wildman–Crippen LogP) is 2.84. The van der Waals surface area contributed by atoms with Gasteiger partial charge in [-0.2, -0.15) is 0 Å². The van der Waals surface area contributed by atoms with Crippen LogP contribution in [0.1, 0.15) is 32.3 Å². The summed E-state index contributed by atoms with van der Waals surface area (Å²) in [5.74, 6) is 0.449. The summed E-state index contributed by atoms with van der Waals surface area (Å²) in [6, 6.07) is 10.7. The van der Waals surface area contributed by atoms with E-state index in [0.29, 0.717) is 17.4 Å². The van der Waals surface area contributed by atoms with Gasteiger partial charge < -0.3 is 10.2 Å². The molecule has 1 N–H and O–H groups in total. The van der Waals surface area contributed by atoms with Crippen LogP contribution in [0, 0.1) is 5.92 Å². The SMILES string of the molecule is CC(C)S(=O)(=O)c1ccc(CC(=O)NCC2CCN(c3cccnc3)CC2)cc1. The summed E-state index contributed by atoms with van der Waals surface area (Å²) in [6.07, 6.45) is 6.01. The Balaban J connectivity index is 1.44. The molecule has 2 aromatic rings. The molecule has 7 heteroatoms. The number of carbonyl (C=O) groups is 1. The van der Waals surface area contributed by atoms with Gasteiger partial charge in [-0.05, 0) is 62.4 Å². The predicted molar refractivity (Wildman–Crippen MR) is 115 cm³/mol. The number of benzene rings is 1. The molecular formula is C22H29N3O3S. The molecule has 0 radical (unpaired) electrons. The van der Waals surface area contributed by atoms with Gasteiger partial charge in [0.2, 0.25) is 5.91 Å². The van der Waals surface area contributed by atoms with Crippen molar-refractivity contribution in [2.45, 2.75) is 43.3 Å². The number of rotatable bonds is 7. The first-order valence-electron chi connectivity index (χ1n) is 10.1. The molecule has 6 nitrogen and oxygen atoms in total. The molecule has 0 atom stereocenters. The van der Waals surface area contributed by atoms with Crippen LogP contribution in [0.25, 0.3) is 0 Å². The monoisotopic (exact) mass is 415 g/mol. The van der Waals surface area contributed by atoms with Crippen LogP contribution in [0.15, 0.2) is 53.7 Å². The fraction of sp³-hybridized carbons (Fsp3) is 0.455. The van der Waals surface area contributed by atoms with Crippen LogP contribution in [-0.4, -0.2) is 44.2 Å². The standard InChI is InChI=1S/C22H29N3O3S/c1-17(2)29(27,28)21-7-5-18(6-8-21)14-22(26)24-15-19-9-12-25(13-10-19)20-4-3-11-23-16-20/h3-8,11,16-17,19H,9-10,12-15H2,1-2H3,(H,24,26). The third kappa shape index (κ3) is 5.56. The second-order valence-electron chi connectivity index (χ2n) is 7.86. The minimum Gasteiger partial charge on any atom is -0.370 e. The first-order chi connectivity index (χ1) is 13.9. The quantitative estimate of drug-likeness (QED) is 0.752. The molecule has 1 fully saturated rings. The Labute approximate surface area is 173 Å². The third-order valence-corrected chi connectivity index (χ3v) is 7.62. The van der Waals surface area contributed by atoms with E-state index in [2.05, 4.69) is 21.3 Å². The molecule has 0 unspecified atom stereocenters. The van der Waals surface area contributed by atoms with Crippen molar-refractivity contribution >= 4 is 21.4 Å². The number of nitrogens with one attached hydrogen (secondary N) is 1. The van der Waals surface area contributed by atoms with Gasteiger partial charge in [0.15, 0.2) is 9.84 Å². The Morgan fingerprint density at radius 1 is 1.17 bits per heavy atom. The van der Waals surface area contributed by atoms with Crippen LogP contribution in [0.3, 0.4) is 0 Å². The van der Waals surface area contributed by atoms with E-state index in [4.69, 9.17) is 0 Å². The third-order valence-electron chi connectivity index (χ3n) is 5.45. The Hall–Kier alpha value is -2.41. The summed E-state index contributed by atoms with van der Waals surface area (Å²) < 4.78 is 24.3. The van der Waals surface area contributed by atoms with Crippen LogP contribution in [0.2, 0.25) is 0 Å². The van der Waals surface area contributed by atoms with E-state index in [-0.39, 0.29) is 12.3 Å². The van der Waals surface area contributed by atoms with Crippen molar-refractivity contribution in [1.29, 1.82) is 0 Å². The molecule has 1 aliphatic heterocycles. The van der Waals surface area contributed by atoms with E-state index in [9.17, 15) is 13.2 Å². The maximum atomic E-state index is 12.3. The lowest BCUT2D eigenvalue weighted by atomic mass is 9.96. The number of sulfone groups is 1. The van der Waals surface area contributed by atoms with E-state index in [1.54, 1.807) is 44.3 Å². The van der Waals surface area contributed by atoms with Crippen LogP contribution in [-0.2, 0) is 21.1 Å². The fourth-order valence-electron chi connectivity index (χ4n) is 3.51. The summed E-state index contributed by atoms with van der Waals surface area (Å²) in [7, 11) is -3.28. The van der Waals surface area contributed by atoms with E-state index < -0.39 is 15.1 Å². The molecule has 156 valence electrons. The molecule has 0 saturated carbocycles. The number of pyridine rings is 1. The van der Waals surface area contributed by atoms with E-state index in [1.807, 2.05) is 12.3 Å². The summed E-state index contributed by atoms with van der Waals surface area (Å²) >= 11 is 0. The summed E-state index contributed by atoms with van der Waals surface area (Å²) in [5.41, 5.74) is 1.97. The molecule has 0 aliphatic carbocycles. The summed E-state index contributed by atoms with van der Waals surface area (Å²) in [4.78, 5) is 19.1. The number of anilines is 1. The van der Waals surface area contributed by atoms with Crippen molar-refractivity contribution in [1.82, 2.24) is 10.3 Å². The highest BCUT2D eigenvalue weighted by Crippen LogP contribution is 2.22. The second-order valence-corrected chi connectivity index (χ2v) is 10.4. The Morgan fingerprint density at radius 3 is 2.45 bits per heavy atom. The maximum absolute atomic E-state index is 12.3. The number of carbonyl (C=O) groups excluding carboxylic acids is 1. The zero-order chi connectivity index (χ0) is 20.9. The lowest BCUT2D eigenvalue weighted by molar-refractivity contribution is -0.120. The minimum atomic E-state index is -3.28. The number of hydrogen-bond donors (Lipinski definition) is 1. The Kier molecular flexibility index (Phi) is 6.90. The van der Waals surface area contributed by atoms with Gasteiger partial charge in [-0.15, -0.1) is 0 Å².